The van der Waals surface area contributed by atoms with Crippen molar-refractivity contribution in [1.82, 2.24) is 14.7 Å². The van der Waals surface area contributed by atoms with Gasteiger partial charge in [0, 0.05) is 25.8 Å². The van der Waals surface area contributed by atoms with E-state index in [0.29, 0.717) is 12.5 Å². The van der Waals surface area contributed by atoms with Crippen LogP contribution in [-0.4, -0.2) is 38.8 Å². The van der Waals surface area contributed by atoms with Gasteiger partial charge in [-0.3, -0.25) is 9.69 Å². The van der Waals surface area contributed by atoms with Gasteiger partial charge in [0.1, 0.15) is 0 Å². The number of hydrogen-bond donors (Lipinski definition) is 1. The first-order valence-corrected chi connectivity index (χ1v) is 7.67. The predicted octanol–water partition coefficient (Wildman–Crippen LogP) is 2.41. The molecule has 0 aliphatic carbocycles. The molecule has 3 rings (SSSR count). The van der Waals surface area contributed by atoms with Crippen molar-refractivity contribution in [1.29, 1.82) is 0 Å². The van der Waals surface area contributed by atoms with E-state index in [1.165, 1.54) is 0 Å². The number of piperidine rings is 1. The Balaban J connectivity index is 1.76. The maximum atomic E-state index is 11.3. The SMILES string of the molecule is CC1CC(C(=O)O)CN(Cc2ccnn2-c2ccccc2)C1. The Morgan fingerprint density at radius 3 is 2.77 bits per heavy atom. The minimum atomic E-state index is -0.687. The minimum absolute atomic E-state index is 0.267. The Morgan fingerprint density at radius 2 is 2.05 bits per heavy atom. The van der Waals surface area contributed by atoms with Crippen LogP contribution < -0.4 is 0 Å². The van der Waals surface area contributed by atoms with Crippen LogP contribution in [0, 0.1) is 11.8 Å². The third-order valence-corrected chi connectivity index (χ3v) is 4.19. The fourth-order valence-electron chi connectivity index (χ4n) is 3.25. The van der Waals surface area contributed by atoms with Gasteiger partial charge in [-0.05, 0) is 30.5 Å². The number of carbonyl (C=O) groups is 1. The highest BCUT2D eigenvalue weighted by atomic mass is 16.4. The van der Waals surface area contributed by atoms with Crippen LogP contribution in [0.4, 0.5) is 0 Å². The molecule has 5 heteroatoms. The van der Waals surface area contributed by atoms with Crippen LogP contribution in [0.2, 0.25) is 0 Å². The third kappa shape index (κ3) is 3.20. The number of aromatic nitrogens is 2. The lowest BCUT2D eigenvalue weighted by atomic mass is 9.90. The van der Waals surface area contributed by atoms with E-state index in [1.54, 1.807) is 6.20 Å². The lowest BCUT2D eigenvalue weighted by molar-refractivity contribution is -0.144. The molecule has 0 radical (unpaired) electrons. The van der Waals surface area contributed by atoms with E-state index in [-0.39, 0.29) is 5.92 Å². The molecule has 1 aromatic heterocycles. The summed E-state index contributed by atoms with van der Waals surface area (Å²) in [4.78, 5) is 13.5. The largest absolute Gasteiger partial charge is 0.481 e. The quantitative estimate of drug-likeness (QED) is 0.942. The summed E-state index contributed by atoms with van der Waals surface area (Å²) in [5.74, 6) is -0.548. The highest BCUT2D eigenvalue weighted by molar-refractivity contribution is 5.70. The molecule has 2 atom stereocenters. The molecule has 2 aromatic rings. The molecular formula is C17H21N3O2. The number of nitrogens with zero attached hydrogens (tertiary/aromatic N) is 3. The lowest BCUT2D eigenvalue weighted by Crippen LogP contribution is -2.42. The van der Waals surface area contributed by atoms with Crippen molar-refractivity contribution in [3.8, 4) is 5.69 Å². The van der Waals surface area contributed by atoms with Crippen LogP contribution in [0.25, 0.3) is 5.69 Å². The van der Waals surface area contributed by atoms with Crippen LogP contribution in [0.1, 0.15) is 19.0 Å². The van der Waals surface area contributed by atoms with Crippen molar-refractivity contribution in [2.24, 2.45) is 11.8 Å². The topological polar surface area (TPSA) is 58.4 Å². The first kappa shape index (κ1) is 14.8. The summed E-state index contributed by atoms with van der Waals surface area (Å²) in [6, 6.07) is 12.0. The predicted molar refractivity (Wildman–Crippen MR) is 83.7 cm³/mol. The summed E-state index contributed by atoms with van der Waals surface area (Å²) in [5, 5.41) is 13.7. The van der Waals surface area contributed by atoms with Crippen LogP contribution in [-0.2, 0) is 11.3 Å². The first-order valence-electron chi connectivity index (χ1n) is 7.67. The number of aliphatic carboxylic acids is 1. The Labute approximate surface area is 130 Å². The minimum Gasteiger partial charge on any atom is -0.481 e. The number of carboxylic acids is 1. The van der Waals surface area contributed by atoms with E-state index >= 15 is 0 Å². The molecule has 0 spiro atoms. The van der Waals surface area contributed by atoms with Crippen molar-refractivity contribution in [2.75, 3.05) is 13.1 Å². The molecule has 0 saturated carbocycles. The average Bonchev–Trinajstić information content (AvgIpc) is 2.95. The number of carboxylic acid groups (broad SMARTS) is 1. The van der Waals surface area contributed by atoms with Crippen molar-refractivity contribution in [3.63, 3.8) is 0 Å². The van der Waals surface area contributed by atoms with Crippen molar-refractivity contribution in [3.05, 3.63) is 48.3 Å². The van der Waals surface area contributed by atoms with Crippen molar-refractivity contribution >= 4 is 5.97 Å². The van der Waals surface area contributed by atoms with Crippen molar-refractivity contribution < 1.29 is 9.90 Å². The van der Waals surface area contributed by atoms with E-state index in [0.717, 1.165) is 30.9 Å². The Bertz CT molecular complexity index is 638. The number of benzene rings is 1. The summed E-state index contributed by atoms with van der Waals surface area (Å²) in [7, 11) is 0. The van der Waals surface area contributed by atoms with Gasteiger partial charge in [-0.2, -0.15) is 5.10 Å². The van der Waals surface area contributed by atoms with Gasteiger partial charge in [0.15, 0.2) is 0 Å². The van der Waals surface area contributed by atoms with Gasteiger partial charge >= 0.3 is 5.97 Å². The average molecular weight is 299 g/mol. The van der Waals surface area contributed by atoms with Crippen molar-refractivity contribution in [2.45, 2.75) is 19.9 Å². The lowest BCUT2D eigenvalue weighted by Gasteiger charge is -2.34. The normalized spacial score (nSPS) is 22.6. The zero-order chi connectivity index (χ0) is 15.5. The zero-order valence-corrected chi connectivity index (χ0v) is 12.7. The van der Waals surface area contributed by atoms with E-state index in [4.69, 9.17) is 0 Å². The maximum absolute atomic E-state index is 11.3. The number of para-hydroxylation sites is 1. The zero-order valence-electron chi connectivity index (χ0n) is 12.7. The molecule has 0 amide bonds. The number of likely N-dealkylation sites (tertiary alicyclic amines) is 1. The molecule has 1 N–H and O–H groups in total. The first-order chi connectivity index (χ1) is 10.6. The Hall–Kier alpha value is -2.14. The molecular weight excluding hydrogens is 278 g/mol. The van der Waals surface area contributed by atoms with Gasteiger partial charge in [-0.25, -0.2) is 4.68 Å². The summed E-state index contributed by atoms with van der Waals surface area (Å²) in [5.41, 5.74) is 2.12. The molecule has 1 aromatic carbocycles. The number of rotatable bonds is 4. The van der Waals surface area contributed by atoms with Crippen LogP contribution >= 0.6 is 0 Å². The Morgan fingerprint density at radius 1 is 1.27 bits per heavy atom. The van der Waals surface area contributed by atoms with Gasteiger partial charge in [-0.15, -0.1) is 0 Å². The third-order valence-electron chi connectivity index (χ3n) is 4.19. The van der Waals surface area contributed by atoms with Crippen LogP contribution in [0.15, 0.2) is 42.6 Å². The molecule has 1 aliphatic rings. The summed E-state index contributed by atoms with van der Waals surface area (Å²) in [6.45, 7) is 4.39. The fourth-order valence-corrected chi connectivity index (χ4v) is 3.25. The van der Waals surface area contributed by atoms with Crippen LogP contribution in [0.5, 0.6) is 0 Å². The number of hydrogen-bond acceptors (Lipinski definition) is 3. The van der Waals surface area contributed by atoms with E-state index in [2.05, 4.69) is 16.9 Å². The van der Waals surface area contributed by atoms with Gasteiger partial charge in [0.25, 0.3) is 0 Å². The molecule has 2 heterocycles. The molecule has 1 fully saturated rings. The molecule has 2 unspecified atom stereocenters. The van der Waals surface area contributed by atoms with Gasteiger partial charge in [-0.1, -0.05) is 25.1 Å². The van der Waals surface area contributed by atoms with Gasteiger partial charge in [0.05, 0.1) is 17.3 Å². The summed E-state index contributed by atoms with van der Waals surface area (Å²) >= 11 is 0. The molecule has 1 aliphatic heterocycles. The maximum Gasteiger partial charge on any atom is 0.307 e. The summed E-state index contributed by atoms with van der Waals surface area (Å²) in [6.07, 6.45) is 2.56. The second-order valence-electron chi connectivity index (χ2n) is 6.14. The second kappa shape index (κ2) is 6.32. The molecule has 1 saturated heterocycles. The molecule has 0 bridgehead atoms. The smallest absolute Gasteiger partial charge is 0.307 e. The van der Waals surface area contributed by atoms with Gasteiger partial charge in [0.2, 0.25) is 0 Å². The van der Waals surface area contributed by atoms with E-state index < -0.39 is 5.97 Å². The molecule has 116 valence electrons. The highest BCUT2D eigenvalue weighted by Gasteiger charge is 2.29. The monoisotopic (exact) mass is 299 g/mol. The van der Waals surface area contributed by atoms with E-state index in [1.807, 2.05) is 41.1 Å². The molecule has 5 nitrogen and oxygen atoms in total. The molecule has 22 heavy (non-hydrogen) atoms. The fraction of sp³-hybridized carbons (Fsp3) is 0.412. The summed E-state index contributed by atoms with van der Waals surface area (Å²) < 4.78 is 1.93. The Kier molecular flexibility index (Phi) is 4.24. The second-order valence-corrected chi connectivity index (χ2v) is 6.14. The highest BCUT2D eigenvalue weighted by Crippen LogP contribution is 2.23. The van der Waals surface area contributed by atoms with Gasteiger partial charge < -0.3 is 5.11 Å². The van der Waals surface area contributed by atoms with E-state index in [9.17, 15) is 9.90 Å². The standard InChI is InChI=1S/C17H21N3O2/c1-13-9-14(17(21)22)11-19(10-13)12-16-7-8-18-20(16)15-5-3-2-4-6-15/h2-8,13-14H,9-12H2,1H3,(H,21,22). The van der Waals surface area contributed by atoms with Crippen LogP contribution in [0.3, 0.4) is 0 Å².